The summed E-state index contributed by atoms with van der Waals surface area (Å²) in [7, 11) is -3.32. The molecule has 0 saturated carbocycles. The van der Waals surface area contributed by atoms with E-state index >= 15 is 0 Å². The highest BCUT2D eigenvalue weighted by Crippen LogP contribution is 2.39. The second-order valence-corrected chi connectivity index (χ2v) is 10.1. The Kier molecular flexibility index (Phi) is 6.42. The summed E-state index contributed by atoms with van der Waals surface area (Å²) in [4.78, 5) is 12.6. The molecule has 192 valence electrons. The Hall–Kier alpha value is -3.83. The molecule has 0 amide bonds. The van der Waals surface area contributed by atoms with E-state index in [-0.39, 0.29) is 41.2 Å². The van der Waals surface area contributed by atoms with Crippen molar-refractivity contribution >= 4 is 27.3 Å². The Morgan fingerprint density at radius 2 is 1.78 bits per heavy atom. The van der Waals surface area contributed by atoms with Crippen LogP contribution < -0.4 is 9.46 Å². The number of carbonyl (C=O) groups is 1. The molecule has 37 heavy (non-hydrogen) atoms. The number of carbonyl (C=O) groups excluding carboxylic acids is 1. The average Bonchev–Trinajstić information content (AvgIpc) is 2.88. The first-order chi connectivity index (χ1) is 17.7. The Bertz CT molecular complexity index is 1570. The number of rotatable bonds is 2. The number of cyclic esters (lactones) is 1. The zero-order chi connectivity index (χ0) is 26.3. The first kappa shape index (κ1) is 24.8. The molecule has 0 fully saturated rings. The van der Waals surface area contributed by atoms with Crippen molar-refractivity contribution in [1.82, 2.24) is 0 Å². The molecule has 0 unspecified atom stereocenters. The number of benzene rings is 3. The lowest BCUT2D eigenvalue weighted by Gasteiger charge is -2.20. The highest BCUT2D eigenvalue weighted by Gasteiger charge is 2.29. The number of esters is 1. The van der Waals surface area contributed by atoms with Crippen LogP contribution in [0.2, 0.25) is 0 Å². The lowest BCUT2D eigenvalue weighted by Crippen LogP contribution is -2.18. The number of nitrogens with one attached hydrogen (secondary N) is 1. The third-order valence-corrected chi connectivity index (χ3v) is 7.49. The molecule has 0 radical (unpaired) electrons. The summed E-state index contributed by atoms with van der Waals surface area (Å²) in [6.07, 6.45) is 2.17. The van der Waals surface area contributed by atoms with E-state index in [0.717, 1.165) is 24.3 Å². The average molecular weight is 532 g/mol. The van der Waals surface area contributed by atoms with Crippen molar-refractivity contribution in [2.45, 2.75) is 17.9 Å². The maximum Gasteiger partial charge on any atom is 0.338 e. The molecule has 2 heterocycles. The number of methoxy groups -OCH3 is 1. The third kappa shape index (κ3) is 4.67. The number of hydrogen-bond acceptors (Lipinski definition) is 6. The summed E-state index contributed by atoms with van der Waals surface area (Å²) in [5.74, 6) is -3.90. The van der Waals surface area contributed by atoms with Gasteiger partial charge in [0, 0.05) is 17.2 Å². The molecule has 7 nitrogen and oxygen atoms in total. The molecule has 4 bridgehead atoms. The first-order valence-electron chi connectivity index (χ1n) is 11.1. The van der Waals surface area contributed by atoms with Gasteiger partial charge in [-0.3, -0.25) is 4.72 Å². The Labute approximate surface area is 210 Å². The Morgan fingerprint density at radius 3 is 2.51 bits per heavy atom. The van der Waals surface area contributed by atoms with Gasteiger partial charge in [0.2, 0.25) is 0 Å². The predicted octanol–water partition coefficient (Wildman–Crippen LogP) is 5.05. The fourth-order valence-corrected chi connectivity index (χ4v) is 5.60. The topological polar surface area (TPSA) is 90.9 Å². The molecule has 2 aliphatic heterocycles. The van der Waals surface area contributed by atoms with Crippen molar-refractivity contribution in [3.8, 4) is 16.9 Å². The summed E-state index contributed by atoms with van der Waals surface area (Å²) in [5.41, 5.74) is 0.266. The van der Waals surface area contributed by atoms with E-state index < -0.39 is 44.0 Å². The van der Waals surface area contributed by atoms with Crippen molar-refractivity contribution in [2.75, 3.05) is 25.0 Å². The van der Waals surface area contributed by atoms with Crippen LogP contribution in [-0.2, 0) is 26.1 Å². The summed E-state index contributed by atoms with van der Waals surface area (Å²) >= 11 is 0. The SMILES string of the molecule is COc1c(C2=CCOCC2)cc2cc1S(=O)(=O)Nc1cc(c(F)cc1F)-c1cc(F)ccc1COC2=O. The molecule has 3 aromatic rings. The van der Waals surface area contributed by atoms with Crippen molar-refractivity contribution in [2.24, 2.45) is 0 Å². The van der Waals surface area contributed by atoms with Gasteiger partial charge in [0.05, 0.1) is 31.6 Å². The van der Waals surface area contributed by atoms with Gasteiger partial charge in [-0.1, -0.05) is 12.1 Å². The minimum Gasteiger partial charge on any atom is -0.495 e. The molecule has 1 N–H and O–H groups in total. The minimum absolute atomic E-state index is 0.0256. The largest absolute Gasteiger partial charge is 0.495 e. The van der Waals surface area contributed by atoms with Gasteiger partial charge in [-0.15, -0.1) is 0 Å². The monoisotopic (exact) mass is 531 g/mol. The maximum atomic E-state index is 14.8. The van der Waals surface area contributed by atoms with E-state index in [1.165, 1.54) is 19.2 Å². The third-order valence-electron chi connectivity index (χ3n) is 6.12. The van der Waals surface area contributed by atoms with Gasteiger partial charge in [-0.2, -0.15) is 0 Å². The van der Waals surface area contributed by atoms with Gasteiger partial charge in [-0.05, 0) is 53.5 Å². The summed E-state index contributed by atoms with van der Waals surface area (Å²) in [5, 5.41) is 0. The highest BCUT2D eigenvalue weighted by molar-refractivity contribution is 7.92. The van der Waals surface area contributed by atoms with E-state index in [9.17, 15) is 26.4 Å². The van der Waals surface area contributed by atoms with Gasteiger partial charge in [-0.25, -0.2) is 26.4 Å². The van der Waals surface area contributed by atoms with Gasteiger partial charge in [0.1, 0.15) is 34.7 Å². The molecule has 0 saturated heterocycles. The van der Waals surface area contributed by atoms with E-state index in [4.69, 9.17) is 14.2 Å². The second-order valence-electron chi connectivity index (χ2n) is 8.40. The zero-order valence-electron chi connectivity index (χ0n) is 19.4. The van der Waals surface area contributed by atoms with Crippen LogP contribution in [-0.4, -0.2) is 34.7 Å². The number of hydrogen-bond donors (Lipinski definition) is 1. The van der Waals surface area contributed by atoms with Crippen LogP contribution in [0.15, 0.2) is 53.4 Å². The second kappa shape index (κ2) is 9.56. The van der Waals surface area contributed by atoms with E-state index in [1.807, 2.05) is 0 Å². The quantitative estimate of drug-likeness (QED) is 0.466. The minimum atomic E-state index is -4.58. The van der Waals surface area contributed by atoms with Crippen LogP contribution in [0.25, 0.3) is 16.7 Å². The van der Waals surface area contributed by atoms with Crippen LogP contribution in [0.1, 0.15) is 27.9 Å². The van der Waals surface area contributed by atoms with Crippen LogP contribution >= 0.6 is 0 Å². The molecule has 0 spiro atoms. The number of anilines is 1. The van der Waals surface area contributed by atoms with Gasteiger partial charge in [0.15, 0.2) is 0 Å². The molecule has 2 aliphatic rings. The van der Waals surface area contributed by atoms with Gasteiger partial charge >= 0.3 is 5.97 Å². The van der Waals surface area contributed by atoms with Gasteiger partial charge in [0.25, 0.3) is 10.0 Å². The van der Waals surface area contributed by atoms with Crippen molar-refractivity contribution < 1.29 is 40.6 Å². The van der Waals surface area contributed by atoms with E-state index in [2.05, 4.69) is 4.72 Å². The first-order valence-corrected chi connectivity index (χ1v) is 12.6. The van der Waals surface area contributed by atoms with Crippen molar-refractivity contribution in [1.29, 1.82) is 0 Å². The Morgan fingerprint density at radius 1 is 0.973 bits per heavy atom. The lowest BCUT2D eigenvalue weighted by atomic mass is 9.98. The number of ether oxygens (including phenoxy) is 3. The van der Waals surface area contributed by atoms with E-state index in [0.29, 0.717) is 30.2 Å². The molecule has 0 atom stereocenters. The highest BCUT2D eigenvalue weighted by atomic mass is 32.2. The number of halogens is 3. The normalized spacial score (nSPS) is 16.6. The van der Waals surface area contributed by atoms with E-state index in [1.54, 1.807) is 6.08 Å². The van der Waals surface area contributed by atoms with Gasteiger partial charge < -0.3 is 14.2 Å². The fourth-order valence-electron chi connectivity index (χ4n) is 4.33. The molecule has 0 aliphatic carbocycles. The van der Waals surface area contributed by atoms with Crippen LogP contribution in [0, 0.1) is 17.5 Å². The lowest BCUT2D eigenvalue weighted by molar-refractivity contribution is 0.0473. The number of sulfonamides is 1. The fraction of sp³-hybridized carbons (Fsp3) is 0.192. The van der Waals surface area contributed by atoms with Crippen LogP contribution in [0.5, 0.6) is 5.75 Å². The molecule has 3 aromatic carbocycles. The zero-order valence-corrected chi connectivity index (χ0v) is 20.3. The van der Waals surface area contributed by atoms with Crippen LogP contribution in [0.4, 0.5) is 18.9 Å². The standard InChI is InChI=1S/C26H20F3NO6S/c1-34-25-19(14-4-6-35-7-5-14)8-16-9-24(25)37(32,33)30-23-11-20(21(28)12-22(23)29)18-10-17(27)3-2-15(18)13-36-26(16)31/h2-4,8-12,30H,5-7,13H2,1H3. The summed E-state index contributed by atoms with van der Waals surface area (Å²) in [6, 6.07) is 7.36. The summed E-state index contributed by atoms with van der Waals surface area (Å²) in [6.45, 7) is 0.277. The molecular formula is C26H20F3NO6S. The smallest absolute Gasteiger partial charge is 0.338 e. The Balaban J connectivity index is 1.78. The predicted molar refractivity (Wildman–Crippen MR) is 128 cm³/mol. The molecule has 11 heteroatoms. The van der Waals surface area contributed by atoms with Crippen molar-refractivity contribution in [3.05, 3.63) is 82.7 Å². The molecule has 5 rings (SSSR count). The maximum absolute atomic E-state index is 14.8. The molecular weight excluding hydrogens is 511 g/mol. The number of fused-ring (bicyclic) bond motifs is 6. The van der Waals surface area contributed by atoms with Crippen molar-refractivity contribution in [3.63, 3.8) is 0 Å². The summed E-state index contributed by atoms with van der Waals surface area (Å²) < 4.78 is 89.1. The van der Waals surface area contributed by atoms with Crippen LogP contribution in [0.3, 0.4) is 0 Å². The molecule has 0 aromatic heterocycles.